The van der Waals surface area contributed by atoms with Crippen LogP contribution in [-0.4, -0.2) is 28.5 Å². The van der Waals surface area contributed by atoms with Crippen molar-refractivity contribution in [3.8, 4) is 5.75 Å². The zero-order chi connectivity index (χ0) is 17.0. The predicted molar refractivity (Wildman–Crippen MR) is 91.4 cm³/mol. The third-order valence-electron chi connectivity index (χ3n) is 2.49. The molecule has 1 aromatic carbocycles. The van der Waals surface area contributed by atoms with Gasteiger partial charge in [-0.15, -0.1) is 0 Å². The highest BCUT2D eigenvalue weighted by atomic mass is 79.9. The van der Waals surface area contributed by atoms with Crippen molar-refractivity contribution in [2.45, 2.75) is 20.0 Å². The van der Waals surface area contributed by atoms with Gasteiger partial charge in [0, 0.05) is 10.0 Å². The van der Waals surface area contributed by atoms with Crippen LogP contribution in [0.1, 0.15) is 29.9 Å². The van der Waals surface area contributed by atoms with Crippen LogP contribution in [0.2, 0.25) is 0 Å². The van der Waals surface area contributed by atoms with Crippen LogP contribution in [0.4, 0.5) is 5.82 Å². The molecule has 0 spiro atoms. The minimum absolute atomic E-state index is 0.0183. The number of amides is 1. The van der Waals surface area contributed by atoms with E-state index in [1.165, 1.54) is 6.21 Å². The molecule has 0 saturated heterocycles. The molecule has 0 aliphatic heterocycles. The largest absolute Gasteiger partial charge is 0.489 e. The van der Waals surface area contributed by atoms with Crippen molar-refractivity contribution >= 4 is 49.8 Å². The Morgan fingerprint density at radius 2 is 2.17 bits per heavy atom. The molecular formula is C13H13Br2N5O3. The first-order valence-electron chi connectivity index (χ1n) is 6.45. The number of nitrogens with zero attached hydrogens (tertiary/aromatic N) is 3. The summed E-state index contributed by atoms with van der Waals surface area (Å²) in [5, 5.41) is 10.6. The van der Waals surface area contributed by atoms with Gasteiger partial charge in [0.1, 0.15) is 5.75 Å². The Morgan fingerprint density at radius 1 is 1.43 bits per heavy atom. The van der Waals surface area contributed by atoms with E-state index >= 15 is 0 Å². The van der Waals surface area contributed by atoms with Gasteiger partial charge in [-0.1, -0.05) is 15.9 Å². The Morgan fingerprint density at radius 3 is 2.78 bits per heavy atom. The number of nitrogen functional groups attached to an aromatic ring is 1. The Labute approximate surface area is 148 Å². The summed E-state index contributed by atoms with van der Waals surface area (Å²) in [5.74, 6) is -0.115. The van der Waals surface area contributed by atoms with Crippen LogP contribution in [-0.2, 0) is 0 Å². The van der Waals surface area contributed by atoms with Crippen LogP contribution < -0.4 is 15.9 Å². The van der Waals surface area contributed by atoms with Gasteiger partial charge >= 0.3 is 0 Å². The van der Waals surface area contributed by atoms with Gasteiger partial charge in [-0.2, -0.15) is 5.10 Å². The average molecular weight is 447 g/mol. The number of aromatic nitrogens is 2. The summed E-state index contributed by atoms with van der Waals surface area (Å²) < 4.78 is 11.7. The molecule has 2 rings (SSSR count). The first kappa shape index (κ1) is 17.4. The van der Waals surface area contributed by atoms with Gasteiger partial charge in [0.15, 0.2) is 0 Å². The lowest BCUT2D eigenvalue weighted by Crippen LogP contribution is -2.19. The van der Waals surface area contributed by atoms with E-state index in [1.54, 1.807) is 0 Å². The third-order valence-corrected chi connectivity index (χ3v) is 3.54. The number of nitrogens with one attached hydrogen (secondary N) is 1. The number of rotatable bonds is 5. The van der Waals surface area contributed by atoms with Gasteiger partial charge in [0.05, 0.1) is 16.8 Å². The van der Waals surface area contributed by atoms with Crippen molar-refractivity contribution in [2.24, 2.45) is 5.10 Å². The molecule has 1 aromatic heterocycles. The minimum atomic E-state index is -0.625. The molecule has 2 aromatic rings. The lowest BCUT2D eigenvalue weighted by molar-refractivity contribution is 0.0946. The number of hydrazone groups is 1. The topological polar surface area (TPSA) is 116 Å². The molecule has 3 N–H and O–H groups in total. The minimum Gasteiger partial charge on any atom is -0.489 e. The molecule has 0 unspecified atom stereocenters. The number of anilines is 1. The summed E-state index contributed by atoms with van der Waals surface area (Å²) in [4.78, 5) is 11.8. The molecule has 0 radical (unpaired) electrons. The van der Waals surface area contributed by atoms with E-state index in [9.17, 15) is 4.79 Å². The maximum atomic E-state index is 11.8. The van der Waals surface area contributed by atoms with E-state index in [2.05, 4.69) is 57.3 Å². The number of hydrogen-bond donors (Lipinski definition) is 2. The van der Waals surface area contributed by atoms with Crippen LogP contribution in [0.3, 0.4) is 0 Å². The number of benzene rings is 1. The molecular weight excluding hydrogens is 434 g/mol. The standard InChI is InChI=1S/C13H13Br2N5O3/c1-6(2)22-11-7(3-8(14)4-9(11)15)5-17-18-13(21)10-12(16)20-23-19-10/h3-6H,1-2H3,(H2,16,20)(H,18,21). The third kappa shape index (κ3) is 4.52. The quantitative estimate of drug-likeness (QED) is 0.538. The van der Waals surface area contributed by atoms with Gasteiger partial charge in [-0.05, 0) is 52.2 Å². The Kier molecular flexibility index (Phi) is 5.72. The SMILES string of the molecule is CC(C)Oc1c(Br)cc(Br)cc1C=NNC(=O)c1nonc1N. The number of carbonyl (C=O) groups excluding carboxylic acids is 1. The van der Waals surface area contributed by atoms with E-state index in [0.29, 0.717) is 11.3 Å². The van der Waals surface area contributed by atoms with E-state index in [1.807, 2.05) is 26.0 Å². The molecule has 10 heteroatoms. The molecule has 122 valence electrons. The van der Waals surface area contributed by atoms with Gasteiger partial charge < -0.3 is 10.5 Å². The zero-order valence-corrected chi connectivity index (χ0v) is 15.4. The van der Waals surface area contributed by atoms with Crippen molar-refractivity contribution in [2.75, 3.05) is 5.73 Å². The summed E-state index contributed by atoms with van der Waals surface area (Å²) in [6.45, 7) is 3.83. The number of carbonyl (C=O) groups is 1. The van der Waals surface area contributed by atoms with E-state index < -0.39 is 5.91 Å². The monoisotopic (exact) mass is 445 g/mol. The second-order valence-corrected chi connectivity index (χ2v) is 6.44. The molecule has 0 aliphatic rings. The van der Waals surface area contributed by atoms with Crippen molar-refractivity contribution in [3.05, 3.63) is 32.3 Å². The lowest BCUT2D eigenvalue weighted by atomic mass is 10.2. The van der Waals surface area contributed by atoms with Crippen molar-refractivity contribution in [1.29, 1.82) is 0 Å². The summed E-state index contributed by atoms with van der Waals surface area (Å²) in [5.41, 5.74) is 8.27. The van der Waals surface area contributed by atoms with Crippen LogP contribution in [0.25, 0.3) is 0 Å². The van der Waals surface area contributed by atoms with Crippen molar-refractivity contribution in [3.63, 3.8) is 0 Å². The lowest BCUT2D eigenvalue weighted by Gasteiger charge is -2.14. The van der Waals surface area contributed by atoms with Crippen LogP contribution in [0.5, 0.6) is 5.75 Å². The van der Waals surface area contributed by atoms with E-state index in [4.69, 9.17) is 10.5 Å². The molecule has 0 fully saturated rings. The van der Waals surface area contributed by atoms with Gasteiger partial charge in [0.2, 0.25) is 11.5 Å². The average Bonchev–Trinajstić information content (AvgIpc) is 2.88. The Hall–Kier alpha value is -1.94. The molecule has 0 bridgehead atoms. The Bertz CT molecular complexity index is 745. The number of nitrogens with two attached hydrogens (primary N) is 1. The van der Waals surface area contributed by atoms with Gasteiger partial charge in [0.25, 0.3) is 5.91 Å². The van der Waals surface area contributed by atoms with Crippen molar-refractivity contribution < 1.29 is 14.2 Å². The summed E-state index contributed by atoms with van der Waals surface area (Å²) >= 11 is 6.83. The molecule has 8 nitrogen and oxygen atoms in total. The van der Waals surface area contributed by atoms with Crippen LogP contribution in [0, 0.1) is 0 Å². The number of ether oxygens (including phenoxy) is 1. The zero-order valence-electron chi connectivity index (χ0n) is 12.2. The molecule has 0 saturated carbocycles. The second-order valence-electron chi connectivity index (χ2n) is 4.67. The molecule has 1 heterocycles. The maximum absolute atomic E-state index is 11.8. The number of halogens is 2. The van der Waals surface area contributed by atoms with Crippen LogP contribution in [0.15, 0.2) is 30.8 Å². The van der Waals surface area contributed by atoms with E-state index in [-0.39, 0.29) is 17.6 Å². The molecule has 23 heavy (non-hydrogen) atoms. The van der Waals surface area contributed by atoms with Gasteiger partial charge in [-0.3, -0.25) is 4.79 Å². The Balaban J connectivity index is 2.18. The first-order valence-corrected chi connectivity index (χ1v) is 8.04. The number of hydrogen-bond acceptors (Lipinski definition) is 7. The predicted octanol–water partition coefficient (Wildman–Crippen LogP) is 2.73. The maximum Gasteiger partial charge on any atom is 0.297 e. The van der Waals surface area contributed by atoms with Gasteiger partial charge in [-0.25, -0.2) is 10.1 Å². The molecule has 1 amide bonds. The normalized spacial score (nSPS) is 11.2. The molecule has 0 aliphatic carbocycles. The van der Waals surface area contributed by atoms with E-state index in [0.717, 1.165) is 8.95 Å². The highest BCUT2D eigenvalue weighted by Crippen LogP contribution is 2.32. The smallest absolute Gasteiger partial charge is 0.297 e. The molecule has 0 atom stereocenters. The summed E-state index contributed by atoms with van der Waals surface area (Å²) in [7, 11) is 0. The fourth-order valence-corrected chi connectivity index (χ4v) is 2.95. The fourth-order valence-electron chi connectivity index (χ4n) is 1.60. The highest BCUT2D eigenvalue weighted by molar-refractivity contribution is 9.11. The van der Waals surface area contributed by atoms with Crippen LogP contribution >= 0.6 is 31.9 Å². The second kappa shape index (κ2) is 7.55. The van der Waals surface area contributed by atoms with Crippen molar-refractivity contribution in [1.82, 2.24) is 15.7 Å². The fraction of sp³-hybridized carbons (Fsp3) is 0.231. The summed E-state index contributed by atoms with van der Waals surface area (Å²) in [6.07, 6.45) is 1.43. The first-order chi connectivity index (χ1) is 10.9. The summed E-state index contributed by atoms with van der Waals surface area (Å²) in [6, 6.07) is 3.67. The highest BCUT2D eigenvalue weighted by Gasteiger charge is 2.15.